The minimum absolute atomic E-state index is 0.775. The van der Waals surface area contributed by atoms with Gasteiger partial charge in [0.2, 0.25) is 0 Å². The van der Waals surface area contributed by atoms with Crippen LogP contribution < -0.4 is 4.90 Å². The van der Waals surface area contributed by atoms with Crippen molar-refractivity contribution < 1.29 is 4.74 Å². The van der Waals surface area contributed by atoms with Crippen LogP contribution in [0.3, 0.4) is 0 Å². The van der Waals surface area contributed by atoms with Crippen molar-refractivity contribution >= 4 is 28.4 Å². The predicted octanol–water partition coefficient (Wildman–Crippen LogP) is 6.66. The third kappa shape index (κ3) is 5.33. The minimum atomic E-state index is 0.775. The molecule has 0 amide bonds. The van der Waals surface area contributed by atoms with E-state index in [1.807, 2.05) is 67.6 Å². The van der Waals surface area contributed by atoms with Crippen molar-refractivity contribution in [2.45, 2.75) is 6.92 Å². The Balaban J connectivity index is 1.36. The number of hydrogen-bond donors (Lipinski definition) is 0. The van der Waals surface area contributed by atoms with Crippen LogP contribution in [-0.4, -0.2) is 26.3 Å². The lowest BCUT2D eigenvalue weighted by Gasteiger charge is -2.28. The van der Waals surface area contributed by atoms with Gasteiger partial charge in [0.1, 0.15) is 0 Å². The summed E-state index contributed by atoms with van der Waals surface area (Å²) in [5, 5.41) is 17.1. The molecule has 6 nitrogen and oxygen atoms in total. The van der Waals surface area contributed by atoms with Gasteiger partial charge in [0, 0.05) is 18.8 Å². The molecule has 29 heavy (non-hydrogen) atoms. The Morgan fingerprint density at radius 3 is 1.41 bits per heavy atom. The van der Waals surface area contributed by atoms with Gasteiger partial charge >= 0.3 is 0 Å². The van der Waals surface area contributed by atoms with E-state index in [2.05, 4.69) is 37.5 Å². The van der Waals surface area contributed by atoms with E-state index in [-0.39, 0.29) is 0 Å². The van der Waals surface area contributed by atoms with Crippen LogP contribution in [0.15, 0.2) is 93.3 Å². The van der Waals surface area contributed by atoms with Gasteiger partial charge in [-0.15, -0.1) is 0 Å². The highest BCUT2D eigenvalue weighted by Crippen LogP contribution is 2.25. The highest BCUT2D eigenvalue weighted by Gasteiger charge is 2.10. The quantitative estimate of drug-likeness (QED) is 0.461. The monoisotopic (exact) mass is 385 g/mol. The lowest BCUT2D eigenvalue weighted by atomic mass is 10.2. The van der Waals surface area contributed by atoms with E-state index < -0.39 is 0 Å². The van der Waals surface area contributed by atoms with Crippen LogP contribution in [0.25, 0.3) is 0 Å². The fourth-order valence-electron chi connectivity index (χ4n) is 2.98. The van der Waals surface area contributed by atoms with E-state index in [4.69, 9.17) is 4.74 Å². The normalized spacial score (nSPS) is 14.7. The second-order valence-corrected chi connectivity index (χ2v) is 6.87. The molecule has 4 rings (SSSR count). The van der Waals surface area contributed by atoms with Gasteiger partial charge in [-0.1, -0.05) is 17.7 Å². The number of nitrogens with zero attached hydrogens (tertiary/aromatic N) is 5. The van der Waals surface area contributed by atoms with Crippen LogP contribution in [-0.2, 0) is 4.74 Å². The molecule has 0 saturated carbocycles. The molecule has 1 fully saturated rings. The van der Waals surface area contributed by atoms with E-state index in [1.165, 1.54) is 11.3 Å². The van der Waals surface area contributed by atoms with E-state index in [0.29, 0.717) is 0 Å². The molecule has 1 aliphatic rings. The Bertz CT molecular complexity index is 973. The van der Waals surface area contributed by atoms with Crippen LogP contribution in [0.5, 0.6) is 0 Å². The maximum atomic E-state index is 5.40. The average molecular weight is 385 g/mol. The van der Waals surface area contributed by atoms with E-state index in [9.17, 15) is 0 Å². The summed E-state index contributed by atoms with van der Waals surface area (Å²) < 4.78 is 5.40. The first-order chi connectivity index (χ1) is 14.3. The van der Waals surface area contributed by atoms with Crippen molar-refractivity contribution in [1.82, 2.24) is 0 Å². The zero-order chi connectivity index (χ0) is 19.9. The molecule has 146 valence electrons. The SMILES string of the molecule is Cc1ccc(N=Nc2ccc(N=Nc3ccc(N4CCOCC4)cc3)cc2)cc1. The summed E-state index contributed by atoms with van der Waals surface area (Å²) in [6, 6.07) is 23.6. The Labute approximate surface area is 170 Å². The number of aryl methyl sites for hydroxylation is 1. The molecule has 1 saturated heterocycles. The smallest absolute Gasteiger partial charge is 0.0858 e. The highest BCUT2D eigenvalue weighted by molar-refractivity contribution is 5.53. The second kappa shape index (κ2) is 9.21. The molecule has 0 atom stereocenters. The molecule has 3 aromatic rings. The predicted molar refractivity (Wildman–Crippen MR) is 115 cm³/mol. The topological polar surface area (TPSA) is 61.9 Å². The van der Waals surface area contributed by atoms with E-state index >= 15 is 0 Å². The molecule has 6 heteroatoms. The molecule has 0 aliphatic carbocycles. The van der Waals surface area contributed by atoms with Crippen LogP contribution >= 0.6 is 0 Å². The van der Waals surface area contributed by atoms with Gasteiger partial charge in [-0.25, -0.2) is 0 Å². The maximum Gasteiger partial charge on any atom is 0.0858 e. The van der Waals surface area contributed by atoms with Crippen molar-refractivity contribution in [2.75, 3.05) is 31.2 Å². The number of azo groups is 2. The fraction of sp³-hybridized carbons (Fsp3) is 0.217. The molecule has 0 radical (unpaired) electrons. The lowest BCUT2D eigenvalue weighted by molar-refractivity contribution is 0.122. The van der Waals surface area contributed by atoms with Gasteiger partial charge in [0.25, 0.3) is 0 Å². The van der Waals surface area contributed by atoms with Crippen molar-refractivity contribution in [3.63, 3.8) is 0 Å². The summed E-state index contributed by atoms with van der Waals surface area (Å²) in [4.78, 5) is 2.31. The summed E-state index contributed by atoms with van der Waals surface area (Å²) >= 11 is 0. The first-order valence-electron chi connectivity index (χ1n) is 9.69. The second-order valence-electron chi connectivity index (χ2n) is 6.87. The summed E-state index contributed by atoms with van der Waals surface area (Å²) in [5.74, 6) is 0. The molecular formula is C23H23N5O. The summed E-state index contributed by atoms with van der Waals surface area (Å²) in [6.07, 6.45) is 0. The largest absolute Gasteiger partial charge is 0.378 e. The van der Waals surface area contributed by atoms with Crippen molar-refractivity contribution in [3.8, 4) is 0 Å². The first-order valence-corrected chi connectivity index (χ1v) is 9.69. The van der Waals surface area contributed by atoms with E-state index in [0.717, 1.165) is 49.1 Å². The summed E-state index contributed by atoms with van der Waals surface area (Å²) in [6.45, 7) is 5.46. The summed E-state index contributed by atoms with van der Waals surface area (Å²) in [5.41, 5.74) is 5.60. The van der Waals surface area contributed by atoms with E-state index in [1.54, 1.807) is 0 Å². The van der Waals surface area contributed by atoms with Crippen LogP contribution in [0.4, 0.5) is 28.4 Å². The zero-order valence-electron chi connectivity index (χ0n) is 16.4. The zero-order valence-corrected chi connectivity index (χ0v) is 16.4. The first kappa shape index (κ1) is 19.0. The number of rotatable bonds is 5. The molecule has 1 heterocycles. The number of hydrogen-bond acceptors (Lipinski definition) is 6. The number of ether oxygens (including phenoxy) is 1. The highest BCUT2D eigenvalue weighted by atomic mass is 16.5. The van der Waals surface area contributed by atoms with Gasteiger partial charge < -0.3 is 9.64 Å². The molecule has 3 aromatic carbocycles. The van der Waals surface area contributed by atoms with Gasteiger partial charge in [0.15, 0.2) is 0 Å². The average Bonchev–Trinajstić information content (AvgIpc) is 2.79. The van der Waals surface area contributed by atoms with Crippen LogP contribution in [0, 0.1) is 6.92 Å². The molecule has 0 N–H and O–H groups in total. The third-order valence-corrected chi connectivity index (χ3v) is 4.67. The summed E-state index contributed by atoms with van der Waals surface area (Å²) in [7, 11) is 0. The number of anilines is 1. The van der Waals surface area contributed by atoms with Gasteiger partial charge in [-0.2, -0.15) is 20.5 Å². The molecule has 0 bridgehead atoms. The number of benzene rings is 3. The number of morpholine rings is 1. The van der Waals surface area contributed by atoms with Gasteiger partial charge in [-0.3, -0.25) is 0 Å². The molecule has 0 aromatic heterocycles. The fourth-order valence-corrected chi connectivity index (χ4v) is 2.98. The molecule has 0 spiro atoms. The molecule has 1 aliphatic heterocycles. The Morgan fingerprint density at radius 1 is 0.586 bits per heavy atom. The van der Waals surface area contributed by atoms with Crippen LogP contribution in [0.1, 0.15) is 5.56 Å². The third-order valence-electron chi connectivity index (χ3n) is 4.67. The lowest BCUT2D eigenvalue weighted by Crippen LogP contribution is -2.36. The maximum absolute atomic E-state index is 5.40. The Morgan fingerprint density at radius 2 is 0.966 bits per heavy atom. The van der Waals surface area contributed by atoms with Crippen molar-refractivity contribution in [3.05, 3.63) is 78.4 Å². The minimum Gasteiger partial charge on any atom is -0.378 e. The molecular weight excluding hydrogens is 362 g/mol. The standard InChI is InChI=1S/C23H23N5O/c1-18-2-4-19(5-3-18)24-25-20-6-8-21(9-7-20)26-27-22-10-12-23(13-11-22)28-14-16-29-17-15-28/h2-13H,14-17H2,1H3. The Hall–Kier alpha value is -3.38. The molecule has 0 unspecified atom stereocenters. The van der Waals surface area contributed by atoms with Gasteiger partial charge in [-0.05, 0) is 67.6 Å². The van der Waals surface area contributed by atoms with Gasteiger partial charge in [0.05, 0.1) is 36.0 Å². The van der Waals surface area contributed by atoms with Crippen molar-refractivity contribution in [2.24, 2.45) is 20.5 Å². The van der Waals surface area contributed by atoms with Crippen molar-refractivity contribution in [1.29, 1.82) is 0 Å². The van der Waals surface area contributed by atoms with Crippen LogP contribution in [0.2, 0.25) is 0 Å². The Kier molecular flexibility index (Phi) is 6.02.